The number of methoxy groups -OCH3 is 1. The summed E-state index contributed by atoms with van der Waals surface area (Å²) >= 11 is 4.90. The first kappa shape index (κ1) is 19.2. The molecule has 0 saturated heterocycles. The van der Waals surface area contributed by atoms with Crippen molar-refractivity contribution in [2.24, 2.45) is 17.9 Å². The van der Waals surface area contributed by atoms with Crippen molar-refractivity contribution in [3.63, 3.8) is 0 Å². The zero-order valence-electron chi connectivity index (χ0n) is 15.7. The molecule has 2 aromatic heterocycles. The molecule has 144 valence electrons. The Morgan fingerprint density at radius 1 is 1.32 bits per heavy atom. The third-order valence-corrected chi connectivity index (χ3v) is 4.12. The predicted molar refractivity (Wildman–Crippen MR) is 113 cm³/mol. The molecule has 0 radical (unpaired) electrons. The van der Waals surface area contributed by atoms with E-state index in [0.717, 1.165) is 17.1 Å². The first-order chi connectivity index (χ1) is 13.5. The highest BCUT2D eigenvalue weighted by atomic mass is 32.1. The molecule has 3 N–H and O–H groups in total. The van der Waals surface area contributed by atoms with Crippen LogP contribution in [0.25, 0.3) is 11.4 Å². The van der Waals surface area contributed by atoms with Crippen LogP contribution in [0.5, 0.6) is 5.75 Å². The fourth-order valence-electron chi connectivity index (χ4n) is 2.33. The zero-order valence-corrected chi connectivity index (χ0v) is 16.5. The van der Waals surface area contributed by atoms with Crippen molar-refractivity contribution >= 4 is 35.2 Å². The van der Waals surface area contributed by atoms with E-state index in [1.165, 1.54) is 5.01 Å². The second-order valence-corrected chi connectivity index (χ2v) is 6.27. The minimum Gasteiger partial charge on any atom is -0.497 e. The topological polar surface area (TPSA) is 106 Å². The average Bonchev–Trinajstić information content (AvgIpc) is 3.12. The highest BCUT2D eigenvalue weighted by Crippen LogP contribution is 2.21. The largest absolute Gasteiger partial charge is 0.497 e. The summed E-state index contributed by atoms with van der Waals surface area (Å²) in [6.07, 6.45) is 5.02. The third-order valence-electron chi connectivity index (χ3n) is 3.85. The summed E-state index contributed by atoms with van der Waals surface area (Å²) in [6, 6.07) is 9.29. The molecular formula is C18H20N8OS. The number of hydrogen-bond donors (Lipinski definition) is 2. The normalized spacial score (nSPS) is 10.8. The number of hydrogen-bond acceptors (Lipinski definition) is 7. The monoisotopic (exact) mass is 396 g/mol. The van der Waals surface area contributed by atoms with Gasteiger partial charge in [-0.1, -0.05) is 0 Å². The number of benzene rings is 1. The number of aromatic nitrogens is 4. The molecule has 3 rings (SSSR count). The van der Waals surface area contributed by atoms with Crippen LogP contribution in [-0.2, 0) is 7.05 Å². The summed E-state index contributed by atoms with van der Waals surface area (Å²) < 4.78 is 7.06. The Hall–Kier alpha value is -3.53. The van der Waals surface area contributed by atoms with Gasteiger partial charge in [-0.25, -0.2) is 20.0 Å². The summed E-state index contributed by atoms with van der Waals surface area (Å²) in [5.41, 5.74) is 8.52. The number of aryl methyl sites for hydroxylation is 1. The van der Waals surface area contributed by atoms with Gasteiger partial charge in [0.2, 0.25) is 5.95 Å². The van der Waals surface area contributed by atoms with Gasteiger partial charge in [0.1, 0.15) is 5.75 Å². The third kappa shape index (κ3) is 4.60. The number of imidazole rings is 1. The highest BCUT2D eigenvalue weighted by Gasteiger charge is 2.10. The first-order valence-corrected chi connectivity index (χ1v) is 8.71. The van der Waals surface area contributed by atoms with Gasteiger partial charge in [0, 0.05) is 19.8 Å². The molecule has 0 atom stereocenters. The van der Waals surface area contributed by atoms with Crippen molar-refractivity contribution < 1.29 is 4.74 Å². The van der Waals surface area contributed by atoms with Gasteiger partial charge >= 0.3 is 0 Å². The van der Waals surface area contributed by atoms with Crippen molar-refractivity contribution in [2.75, 3.05) is 19.5 Å². The van der Waals surface area contributed by atoms with Crippen LogP contribution in [0.15, 0.2) is 48.0 Å². The lowest BCUT2D eigenvalue weighted by Crippen LogP contribution is -2.27. The molecule has 0 spiro atoms. The van der Waals surface area contributed by atoms with Crippen LogP contribution in [-0.4, -0.2) is 50.0 Å². The minimum atomic E-state index is 0.161. The zero-order chi connectivity index (χ0) is 20.1. The maximum atomic E-state index is 5.56. The summed E-state index contributed by atoms with van der Waals surface area (Å²) in [4.78, 5) is 13.2. The van der Waals surface area contributed by atoms with Gasteiger partial charge in [0.05, 0.1) is 42.9 Å². The Morgan fingerprint density at radius 3 is 2.68 bits per heavy atom. The quantitative estimate of drug-likeness (QED) is 0.371. The first-order valence-electron chi connectivity index (χ1n) is 8.30. The number of nitrogens with zero attached hydrogens (tertiary/aromatic N) is 6. The van der Waals surface area contributed by atoms with E-state index >= 15 is 0 Å². The number of ether oxygens (including phenoxy) is 1. The highest BCUT2D eigenvalue weighted by molar-refractivity contribution is 7.80. The Kier molecular flexibility index (Phi) is 5.80. The summed E-state index contributed by atoms with van der Waals surface area (Å²) in [6.45, 7) is 0. The smallest absolute Gasteiger partial charge is 0.228 e. The fraction of sp³-hybridized carbons (Fsp3) is 0.167. The van der Waals surface area contributed by atoms with E-state index in [1.54, 1.807) is 32.9 Å². The van der Waals surface area contributed by atoms with Gasteiger partial charge in [0.25, 0.3) is 0 Å². The summed E-state index contributed by atoms with van der Waals surface area (Å²) in [7, 11) is 5.19. The fourth-order valence-corrected chi connectivity index (χ4v) is 2.38. The van der Waals surface area contributed by atoms with Crippen molar-refractivity contribution in [1.82, 2.24) is 24.5 Å². The van der Waals surface area contributed by atoms with E-state index in [0.29, 0.717) is 17.3 Å². The number of thiocarbonyl (C=S) groups is 1. The second kappa shape index (κ2) is 8.44. The van der Waals surface area contributed by atoms with Crippen LogP contribution < -0.4 is 15.8 Å². The number of anilines is 2. The molecule has 0 aliphatic rings. The molecule has 0 unspecified atom stereocenters. The SMILES string of the molecule is COc1ccc(Nc2nc(/C=N/N(C)C(N)=S)cc(-c3cncn3C)n2)cc1. The molecule has 0 aliphatic carbocycles. The Labute approximate surface area is 167 Å². The molecule has 1 aromatic carbocycles. The van der Waals surface area contributed by atoms with Gasteiger partial charge in [-0.05, 0) is 42.5 Å². The van der Waals surface area contributed by atoms with E-state index in [1.807, 2.05) is 41.9 Å². The van der Waals surface area contributed by atoms with E-state index < -0.39 is 0 Å². The molecule has 0 saturated carbocycles. The van der Waals surface area contributed by atoms with Crippen LogP contribution >= 0.6 is 12.2 Å². The average molecular weight is 396 g/mol. The lowest BCUT2D eigenvalue weighted by molar-refractivity contribution is 0.415. The Morgan fingerprint density at radius 2 is 2.07 bits per heavy atom. The van der Waals surface area contributed by atoms with Gasteiger partial charge in [-0.2, -0.15) is 5.10 Å². The maximum absolute atomic E-state index is 5.56. The van der Waals surface area contributed by atoms with Gasteiger partial charge in [-0.3, -0.25) is 0 Å². The molecule has 0 aliphatic heterocycles. The van der Waals surface area contributed by atoms with Crippen molar-refractivity contribution in [1.29, 1.82) is 0 Å². The lowest BCUT2D eigenvalue weighted by atomic mass is 10.2. The Bertz CT molecular complexity index is 999. The number of nitrogens with one attached hydrogen (secondary N) is 1. The van der Waals surface area contributed by atoms with Crippen LogP contribution in [0, 0.1) is 0 Å². The summed E-state index contributed by atoms with van der Waals surface area (Å²) in [5, 5.41) is 8.94. The standard InChI is InChI=1S/C18H20N8OS/c1-25-11-20-10-16(25)15-8-13(9-21-26(2)17(19)28)23-18(24-15)22-12-4-6-14(27-3)7-5-12/h4-11H,1-3H3,(H2,19,28)(H,22,23,24)/b21-9+. The Balaban J connectivity index is 1.96. The van der Waals surface area contributed by atoms with E-state index in [2.05, 4.69) is 25.4 Å². The maximum Gasteiger partial charge on any atom is 0.228 e. The summed E-state index contributed by atoms with van der Waals surface area (Å²) in [5.74, 6) is 1.19. The number of nitrogens with two attached hydrogens (primary N) is 1. The van der Waals surface area contributed by atoms with E-state index in [-0.39, 0.29) is 5.11 Å². The van der Waals surface area contributed by atoms with Gasteiger partial charge < -0.3 is 20.4 Å². The van der Waals surface area contributed by atoms with E-state index in [9.17, 15) is 0 Å². The second-order valence-electron chi connectivity index (χ2n) is 5.85. The predicted octanol–water partition coefficient (Wildman–Crippen LogP) is 2.14. The lowest BCUT2D eigenvalue weighted by Gasteiger charge is -2.11. The van der Waals surface area contributed by atoms with E-state index in [4.69, 9.17) is 22.7 Å². The van der Waals surface area contributed by atoms with Crippen molar-refractivity contribution in [2.45, 2.75) is 0 Å². The van der Waals surface area contributed by atoms with Crippen LogP contribution in [0.4, 0.5) is 11.6 Å². The minimum absolute atomic E-state index is 0.161. The van der Waals surface area contributed by atoms with Crippen LogP contribution in [0.2, 0.25) is 0 Å². The van der Waals surface area contributed by atoms with Gasteiger partial charge in [0.15, 0.2) is 5.11 Å². The molecule has 28 heavy (non-hydrogen) atoms. The number of rotatable bonds is 6. The molecule has 0 bridgehead atoms. The van der Waals surface area contributed by atoms with Crippen LogP contribution in [0.3, 0.4) is 0 Å². The number of hydrazone groups is 1. The molecule has 0 fully saturated rings. The molecule has 3 aromatic rings. The molecule has 2 heterocycles. The van der Waals surface area contributed by atoms with Crippen molar-refractivity contribution in [3.05, 3.63) is 48.5 Å². The van der Waals surface area contributed by atoms with Crippen LogP contribution in [0.1, 0.15) is 5.69 Å². The molecular weight excluding hydrogens is 376 g/mol. The molecule has 10 heteroatoms. The molecule has 9 nitrogen and oxygen atoms in total. The molecule has 0 amide bonds. The van der Waals surface area contributed by atoms with Gasteiger partial charge in [-0.15, -0.1) is 0 Å². The van der Waals surface area contributed by atoms with Crippen molar-refractivity contribution in [3.8, 4) is 17.1 Å².